The van der Waals surface area contributed by atoms with E-state index in [4.69, 9.17) is 5.73 Å². The Labute approximate surface area is 99.0 Å². The molecule has 0 heterocycles. The number of carbonyl (C=O) groups excluding carboxylic acids is 1. The first-order valence-corrected chi connectivity index (χ1v) is 6.17. The molecule has 96 valence electrons. The van der Waals surface area contributed by atoms with Crippen molar-refractivity contribution in [2.24, 2.45) is 5.73 Å². The highest BCUT2D eigenvalue weighted by atomic mass is 16.4. The number of nitrogens with zero attached hydrogens (tertiary/aromatic N) is 1. The van der Waals surface area contributed by atoms with Gasteiger partial charge in [0, 0.05) is 6.04 Å². The third-order valence-corrected chi connectivity index (χ3v) is 2.95. The van der Waals surface area contributed by atoms with Crippen LogP contribution in [-0.2, 0) is 4.79 Å². The SMILES string of the molecule is CCCC[N+](C)(C)CCCC[C@H](N)C(=O)[O-]. The van der Waals surface area contributed by atoms with Crippen LogP contribution in [0.1, 0.15) is 39.0 Å². The van der Waals surface area contributed by atoms with Crippen LogP contribution in [0.15, 0.2) is 0 Å². The Morgan fingerprint density at radius 2 is 1.81 bits per heavy atom. The molecular weight excluding hydrogens is 204 g/mol. The number of unbranched alkanes of at least 4 members (excludes halogenated alkanes) is 2. The lowest BCUT2D eigenvalue weighted by atomic mass is 10.1. The summed E-state index contributed by atoms with van der Waals surface area (Å²) < 4.78 is 1.01. The first-order chi connectivity index (χ1) is 7.39. The lowest BCUT2D eigenvalue weighted by molar-refractivity contribution is -0.890. The van der Waals surface area contributed by atoms with E-state index in [1.165, 1.54) is 19.4 Å². The van der Waals surface area contributed by atoms with E-state index < -0.39 is 12.0 Å². The van der Waals surface area contributed by atoms with Crippen LogP contribution in [0.3, 0.4) is 0 Å². The van der Waals surface area contributed by atoms with Crippen LogP contribution in [0.5, 0.6) is 0 Å². The molecule has 0 saturated carbocycles. The van der Waals surface area contributed by atoms with Crippen LogP contribution >= 0.6 is 0 Å². The molecule has 0 rings (SSSR count). The molecule has 0 bridgehead atoms. The molecule has 0 aromatic carbocycles. The summed E-state index contributed by atoms with van der Waals surface area (Å²) in [4.78, 5) is 10.4. The summed E-state index contributed by atoms with van der Waals surface area (Å²) in [6.07, 6.45) is 4.87. The van der Waals surface area contributed by atoms with Crippen molar-refractivity contribution in [1.82, 2.24) is 0 Å². The van der Waals surface area contributed by atoms with Crippen molar-refractivity contribution in [3.05, 3.63) is 0 Å². The summed E-state index contributed by atoms with van der Waals surface area (Å²) in [5.74, 6) is -1.14. The van der Waals surface area contributed by atoms with Crippen LogP contribution < -0.4 is 10.8 Å². The molecular formula is C12H26N2O2. The number of quaternary nitrogens is 1. The van der Waals surface area contributed by atoms with Crippen LogP contribution in [0.2, 0.25) is 0 Å². The second kappa shape index (κ2) is 7.63. The number of rotatable bonds is 9. The van der Waals surface area contributed by atoms with Gasteiger partial charge in [-0.1, -0.05) is 13.3 Å². The Kier molecular flexibility index (Phi) is 7.34. The summed E-state index contributed by atoms with van der Waals surface area (Å²) in [6, 6.07) is -0.800. The third kappa shape index (κ3) is 7.65. The van der Waals surface area contributed by atoms with Gasteiger partial charge in [-0.15, -0.1) is 0 Å². The van der Waals surface area contributed by atoms with Crippen molar-refractivity contribution < 1.29 is 14.4 Å². The maximum atomic E-state index is 10.4. The lowest BCUT2D eigenvalue weighted by Crippen LogP contribution is -2.43. The van der Waals surface area contributed by atoms with Gasteiger partial charge >= 0.3 is 0 Å². The molecule has 0 aliphatic rings. The van der Waals surface area contributed by atoms with Gasteiger partial charge in [0.05, 0.1) is 33.2 Å². The smallest absolute Gasteiger partial charge is 0.0782 e. The summed E-state index contributed by atoms with van der Waals surface area (Å²) in [5, 5.41) is 10.4. The quantitative estimate of drug-likeness (QED) is 0.451. The Morgan fingerprint density at radius 3 is 2.31 bits per heavy atom. The maximum absolute atomic E-state index is 10.4. The van der Waals surface area contributed by atoms with Crippen LogP contribution in [0, 0.1) is 0 Å². The summed E-state index contributed by atoms with van der Waals surface area (Å²) in [5.41, 5.74) is 5.38. The Morgan fingerprint density at radius 1 is 1.25 bits per heavy atom. The number of carbonyl (C=O) groups is 1. The normalized spacial score (nSPS) is 13.8. The minimum absolute atomic E-state index is 0.524. The number of aliphatic carboxylic acids is 1. The number of carboxylic acids is 1. The monoisotopic (exact) mass is 230 g/mol. The predicted octanol–water partition coefficient (Wildman–Crippen LogP) is 0.110. The molecule has 0 aromatic heterocycles. The average Bonchev–Trinajstić information content (AvgIpc) is 2.21. The van der Waals surface area contributed by atoms with E-state index in [1.54, 1.807) is 0 Å². The van der Waals surface area contributed by atoms with Crippen molar-refractivity contribution in [3.8, 4) is 0 Å². The molecule has 0 aliphatic heterocycles. The second-order valence-electron chi connectivity index (χ2n) is 5.16. The van der Waals surface area contributed by atoms with Gasteiger partial charge in [-0.2, -0.15) is 0 Å². The number of nitrogens with two attached hydrogens (primary N) is 1. The number of hydrogen-bond donors (Lipinski definition) is 1. The zero-order chi connectivity index (χ0) is 12.6. The van der Waals surface area contributed by atoms with Gasteiger partial charge in [0.25, 0.3) is 0 Å². The average molecular weight is 230 g/mol. The number of carboxylic acid groups (broad SMARTS) is 1. The molecule has 0 fully saturated rings. The molecule has 0 radical (unpaired) electrons. The topological polar surface area (TPSA) is 66.2 Å². The van der Waals surface area contributed by atoms with Gasteiger partial charge in [-0.05, 0) is 25.7 Å². The zero-order valence-corrected chi connectivity index (χ0v) is 10.9. The van der Waals surface area contributed by atoms with Crippen LogP contribution in [0.4, 0.5) is 0 Å². The van der Waals surface area contributed by atoms with Crippen molar-refractivity contribution in [2.75, 3.05) is 27.2 Å². The van der Waals surface area contributed by atoms with E-state index in [0.29, 0.717) is 6.42 Å². The highest BCUT2D eigenvalue weighted by Gasteiger charge is 2.13. The van der Waals surface area contributed by atoms with Gasteiger partial charge in [-0.3, -0.25) is 0 Å². The first kappa shape index (κ1) is 15.4. The lowest BCUT2D eigenvalue weighted by Gasteiger charge is -2.30. The van der Waals surface area contributed by atoms with Crippen molar-refractivity contribution in [3.63, 3.8) is 0 Å². The van der Waals surface area contributed by atoms with Crippen molar-refractivity contribution in [1.29, 1.82) is 0 Å². The molecule has 4 heteroatoms. The van der Waals surface area contributed by atoms with E-state index in [9.17, 15) is 9.90 Å². The fourth-order valence-corrected chi connectivity index (χ4v) is 1.72. The van der Waals surface area contributed by atoms with E-state index >= 15 is 0 Å². The van der Waals surface area contributed by atoms with Crippen molar-refractivity contribution >= 4 is 5.97 Å². The molecule has 2 N–H and O–H groups in total. The van der Waals surface area contributed by atoms with Gasteiger partial charge in [0.15, 0.2) is 0 Å². The van der Waals surface area contributed by atoms with Crippen LogP contribution in [-0.4, -0.2) is 43.7 Å². The highest BCUT2D eigenvalue weighted by molar-refractivity contribution is 5.70. The molecule has 1 atom stereocenters. The Hall–Kier alpha value is -0.610. The zero-order valence-electron chi connectivity index (χ0n) is 10.9. The molecule has 4 nitrogen and oxygen atoms in total. The molecule has 0 amide bonds. The maximum Gasteiger partial charge on any atom is 0.0782 e. The summed E-state index contributed by atoms with van der Waals surface area (Å²) >= 11 is 0. The molecule has 0 spiro atoms. The second-order valence-corrected chi connectivity index (χ2v) is 5.16. The first-order valence-electron chi connectivity index (χ1n) is 6.17. The fourth-order valence-electron chi connectivity index (χ4n) is 1.72. The van der Waals surface area contributed by atoms with Gasteiger partial charge in [0.1, 0.15) is 0 Å². The van der Waals surface area contributed by atoms with Gasteiger partial charge in [0.2, 0.25) is 0 Å². The molecule has 0 aromatic rings. The molecule has 0 unspecified atom stereocenters. The molecule has 0 saturated heterocycles. The van der Waals surface area contributed by atoms with Crippen LogP contribution in [0.25, 0.3) is 0 Å². The van der Waals surface area contributed by atoms with Crippen molar-refractivity contribution in [2.45, 2.75) is 45.1 Å². The highest BCUT2D eigenvalue weighted by Crippen LogP contribution is 2.07. The summed E-state index contributed by atoms with van der Waals surface area (Å²) in [6.45, 7) is 4.46. The predicted molar refractivity (Wildman–Crippen MR) is 63.6 cm³/mol. The third-order valence-electron chi connectivity index (χ3n) is 2.95. The minimum atomic E-state index is -1.14. The van der Waals surface area contributed by atoms with E-state index in [0.717, 1.165) is 23.9 Å². The van der Waals surface area contributed by atoms with Gasteiger partial charge < -0.3 is 20.1 Å². The summed E-state index contributed by atoms with van der Waals surface area (Å²) in [7, 11) is 4.43. The van der Waals surface area contributed by atoms with E-state index in [-0.39, 0.29) is 0 Å². The largest absolute Gasteiger partial charge is 0.548 e. The Bertz CT molecular complexity index is 205. The van der Waals surface area contributed by atoms with Gasteiger partial charge in [-0.25, -0.2) is 0 Å². The molecule has 0 aliphatic carbocycles. The van der Waals surface area contributed by atoms with E-state index in [2.05, 4.69) is 21.0 Å². The van der Waals surface area contributed by atoms with E-state index in [1.807, 2.05) is 0 Å². The minimum Gasteiger partial charge on any atom is -0.548 e. The Balaban J connectivity index is 3.60. The standard InChI is InChI=1S/C12H26N2O2/c1-4-5-9-14(2,3)10-7-6-8-11(13)12(15)16/h11H,4-10,13H2,1-3H3/t11-/m0/s1. The fraction of sp³-hybridized carbons (Fsp3) is 0.917. The number of hydrogen-bond acceptors (Lipinski definition) is 3. The molecule has 16 heavy (non-hydrogen) atoms.